The highest BCUT2D eigenvalue weighted by molar-refractivity contribution is 9.10. The molecule has 0 saturated carbocycles. The average molecular weight is 295 g/mol. The molecule has 3 nitrogen and oxygen atoms in total. The molecule has 1 aliphatic heterocycles. The van der Waals surface area contributed by atoms with Crippen molar-refractivity contribution in [3.63, 3.8) is 0 Å². The zero-order valence-corrected chi connectivity index (χ0v) is 11.5. The summed E-state index contributed by atoms with van der Waals surface area (Å²) in [6.07, 6.45) is 3.68. The van der Waals surface area contributed by atoms with Crippen LogP contribution in [-0.2, 0) is 0 Å². The van der Waals surface area contributed by atoms with E-state index in [1.807, 2.05) is 12.1 Å². The lowest BCUT2D eigenvalue weighted by molar-refractivity contribution is 0.410. The van der Waals surface area contributed by atoms with Gasteiger partial charge in [0, 0.05) is 13.1 Å². The van der Waals surface area contributed by atoms with Crippen molar-refractivity contribution < 1.29 is 4.74 Å². The van der Waals surface area contributed by atoms with Crippen molar-refractivity contribution in [3.05, 3.63) is 22.2 Å². The predicted molar refractivity (Wildman–Crippen MR) is 71.5 cm³/mol. The Labute approximate surface area is 110 Å². The molecule has 0 spiro atoms. The number of piperidine rings is 1. The van der Waals surface area contributed by atoms with Crippen molar-refractivity contribution in [1.82, 2.24) is 0 Å². The van der Waals surface area contributed by atoms with Crippen molar-refractivity contribution in [2.45, 2.75) is 19.3 Å². The minimum Gasteiger partial charge on any atom is -0.494 e. The van der Waals surface area contributed by atoms with Gasteiger partial charge in [0.1, 0.15) is 11.6 Å². The van der Waals surface area contributed by atoms with Crippen LogP contribution in [-0.4, -0.2) is 20.2 Å². The Bertz CT molecular complexity index is 447. The molecule has 0 radical (unpaired) electrons. The highest BCUT2D eigenvalue weighted by Crippen LogP contribution is 2.36. The largest absolute Gasteiger partial charge is 0.494 e. The number of hydrogen-bond acceptors (Lipinski definition) is 3. The van der Waals surface area contributed by atoms with Crippen LogP contribution in [0.5, 0.6) is 5.75 Å². The van der Waals surface area contributed by atoms with Crippen LogP contribution in [0.4, 0.5) is 5.69 Å². The molecule has 1 heterocycles. The van der Waals surface area contributed by atoms with Gasteiger partial charge in [0.15, 0.2) is 5.75 Å². The molecule has 17 heavy (non-hydrogen) atoms. The Balaban J connectivity index is 2.43. The molecule has 1 saturated heterocycles. The fraction of sp³-hybridized carbons (Fsp3) is 0.462. The molecule has 0 atom stereocenters. The molecule has 0 N–H and O–H groups in total. The molecule has 0 amide bonds. The monoisotopic (exact) mass is 294 g/mol. The van der Waals surface area contributed by atoms with Gasteiger partial charge in [-0.2, -0.15) is 5.26 Å². The SMILES string of the molecule is COc1c(Br)ccc(N2CCCCC2)c1C#N. The van der Waals surface area contributed by atoms with E-state index in [0.29, 0.717) is 11.3 Å². The van der Waals surface area contributed by atoms with Crippen LogP contribution >= 0.6 is 15.9 Å². The Morgan fingerprint density at radius 2 is 2.00 bits per heavy atom. The Hall–Kier alpha value is -1.21. The molecule has 0 aliphatic carbocycles. The molecule has 1 aromatic carbocycles. The van der Waals surface area contributed by atoms with Gasteiger partial charge in [-0.15, -0.1) is 0 Å². The van der Waals surface area contributed by atoms with Crippen molar-refractivity contribution in [1.29, 1.82) is 5.26 Å². The van der Waals surface area contributed by atoms with Gasteiger partial charge in [-0.3, -0.25) is 0 Å². The van der Waals surface area contributed by atoms with Gasteiger partial charge in [-0.25, -0.2) is 0 Å². The predicted octanol–water partition coefficient (Wildman–Crippen LogP) is 3.32. The van der Waals surface area contributed by atoms with Gasteiger partial charge in [0.05, 0.1) is 17.3 Å². The van der Waals surface area contributed by atoms with E-state index in [-0.39, 0.29) is 0 Å². The molecule has 1 aromatic rings. The first-order valence-electron chi connectivity index (χ1n) is 5.79. The molecule has 4 heteroatoms. The number of halogens is 1. The van der Waals surface area contributed by atoms with Crippen molar-refractivity contribution in [2.24, 2.45) is 0 Å². The number of methoxy groups -OCH3 is 1. The number of benzene rings is 1. The minimum atomic E-state index is 0.628. The topological polar surface area (TPSA) is 36.3 Å². The Kier molecular flexibility index (Phi) is 3.90. The number of rotatable bonds is 2. The summed E-state index contributed by atoms with van der Waals surface area (Å²) in [5.41, 5.74) is 1.62. The van der Waals surface area contributed by atoms with E-state index in [4.69, 9.17) is 4.74 Å². The van der Waals surface area contributed by atoms with Crippen molar-refractivity contribution in [2.75, 3.05) is 25.1 Å². The van der Waals surface area contributed by atoms with Crippen LogP contribution in [0.25, 0.3) is 0 Å². The lowest BCUT2D eigenvalue weighted by atomic mass is 10.1. The molecule has 90 valence electrons. The van der Waals surface area contributed by atoms with Gasteiger partial charge >= 0.3 is 0 Å². The Morgan fingerprint density at radius 1 is 1.29 bits per heavy atom. The first kappa shape index (κ1) is 12.3. The van der Waals surface area contributed by atoms with Crippen molar-refractivity contribution in [3.8, 4) is 11.8 Å². The first-order valence-corrected chi connectivity index (χ1v) is 6.58. The fourth-order valence-electron chi connectivity index (χ4n) is 2.25. The average Bonchev–Trinajstić information content (AvgIpc) is 2.39. The van der Waals surface area contributed by atoms with Crippen LogP contribution in [0, 0.1) is 11.3 Å². The van der Waals surface area contributed by atoms with Gasteiger partial charge < -0.3 is 9.64 Å². The number of ether oxygens (including phenoxy) is 1. The van der Waals surface area contributed by atoms with E-state index in [0.717, 1.165) is 23.2 Å². The van der Waals surface area contributed by atoms with Crippen LogP contribution in [0.2, 0.25) is 0 Å². The van der Waals surface area contributed by atoms with E-state index < -0.39 is 0 Å². The third kappa shape index (κ3) is 2.39. The fourth-order valence-corrected chi connectivity index (χ4v) is 2.75. The molecule has 0 unspecified atom stereocenters. The minimum absolute atomic E-state index is 0.628. The lowest BCUT2D eigenvalue weighted by Gasteiger charge is -2.30. The number of nitrogens with zero attached hydrogens (tertiary/aromatic N) is 2. The highest BCUT2D eigenvalue weighted by atomic mass is 79.9. The maximum absolute atomic E-state index is 9.31. The molecular weight excluding hydrogens is 280 g/mol. The number of nitriles is 1. The van der Waals surface area contributed by atoms with Crippen LogP contribution < -0.4 is 9.64 Å². The standard InChI is InChI=1S/C13H15BrN2O/c1-17-13-10(9-15)12(6-5-11(13)14)16-7-3-2-4-8-16/h5-6H,2-4,7-8H2,1H3. The van der Waals surface area contributed by atoms with Gasteiger partial charge in [-0.1, -0.05) is 0 Å². The molecule has 0 bridgehead atoms. The summed E-state index contributed by atoms with van der Waals surface area (Å²) in [6, 6.07) is 6.20. The summed E-state index contributed by atoms with van der Waals surface area (Å²) in [5, 5.41) is 9.31. The second kappa shape index (κ2) is 5.42. The lowest BCUT2D eigenvalue weighted by Crippen LogP contribution is -2.30. The normalized spacial score (nSPS) is 15.5. The maximum atomic E-state index is 9.31. The third-order valence-corrected chi connectivity index (χ3v) is 3.72. The molecule has 2 rings (SSSR count). The quantitative estimate of drug-likeness (QED) is 0.839. The van der Waals surface area contributed by atoms with E-state index >= 15 is 0 Å². The second-order valence-corrected chi connectivity index (χ2v) is 4.99. The highest BCUT2D eigenvalue weighted by Gasteiger charge is 2.19. The second-order valence-electron chi connectivity index (χ2n) is 4.13. The maximum Gasteiger partial charge on any atom is 0.152 e. The van der Waals surface area contributed by atoms with E-state index in [1.54, 1.807) is 7.11 Å². The molecule has 0 aromatic heterocycles. The zero-order valence-electron chi connectivity index (χ0n) is 9.87. The third-order valence-electron chi connectivity index (χ3n) is 3.10. The molecule has 1 fully saturated rings. The van der Waals surface area contributed by atoms with Crippen LogP contribution in [0.3, 0.4) is 0 Å². The van der Waals surface area contributed by atoms with E-state index in [9.17, 15) is 5.26 Å². The summed E-state index contributed by atoms with van der Waals surface area (Å²) in [5.74, 6) is 0.635. The summed E-state index contributed by atoms with van der Waals surface area (Å²) >= 11 is 3.41. The van der Waals surface area contributed by atoms with Crippen molar-refractivity contribution >= 4 is 21.6 Å². The summed E-state index contributed by atoms with van der Waals surface area (Å²) in [7, 11) is 1.60. The molecule has 1 aliphatic rings. The van der Waals surface area contributed by atoms with Gasteiger partial charge in [0.25, 0.3) is 0 Å². The first-order chi connectivity index (χ1) is 8.27. The Morgan fingerprint density at radius 3 is 2.59 bits per heavy atom. The summed E-state index contributed by atoms with van der Waals surface area (Å²) < 4.78 is 6.13. The van der Waals surface area contributed by atoms with E-state index in [2.05, 4.69) is 26.9 Å². The van der Waals surface area contributed by atoms with E-state index in [1.165, 1.54) is 19.3 Å². The molecular formula is C13H15BrN2O. The van der Waals surface area contributed by atoms with Crippen LogP contribution in [0.15, 0.2) is 16.6 Å². The summed E-state index contributed by atoms with van der Waals surface area (Å²) in [6.45, 7) is 2.05. The number of hydrogen-bond donors (Lipinski definition) is 0. The van der Waals surface area contributed by atoms with Gasteiger partial charge in [0.2, 0.25) is 0 Å². The van der Waals surface area contributed by atoms with Gasteiger partial charge in [-0.05, 0) is 47.3 Å². The smallest absolute Gasteiger partial charge is 0.152 e. The number of anilines is 1. The van der Waals surface area contributed by atoms with Crippen LogP contribution in [0.1, 0.15) is 24.8 Å². The summed E-state index contributed by atoms with van der Waals surface area (Å²) in [4.78, 5) is 2.27. The zero-order chi connectivity index (χ0) is 12.3.